The molecular formula is C20H20F4N6O2. The second-order valence-corrected chi connectivity index (χ2v) is 6.77. The van der Waals surface area contributed by atoms with E-state index in [0.717, 1.165) is 0 Å². The number of nitrogens with one attached hydrogen (secondary N) is 2. The Morgan fingerprint density at radius 1 is 1.03 bits per heavy atom. The summed E-state index contributed by atoms with van der Waals surface area (Å²) >= 11 is 0. The van der Waals surface area contributed by atoms with Crippen LogP contribution in [0.4, 0.5) is 28.9 Å². The standard InChI is InChI=1S/C20H20F4N6O2/c1-3-29-10-14(16(28-29)20(32)25-12-7-5-4-6-8-12)26-19(31)11(2)30-15(18(23)24)9-13(27-30)17(21)22/h4-11,17-18H,3H2,1-2H3,(H,25,32)(H,26,31). The first kappa shape index (κ1) is 23.0. The highest BCUT2D eigenvalue weighted by Crippen LogP contribution is 2.28. The number of amides is 2. The zero-order valence-corrected chi connectivity index (χ0v) is 17.1. The molecule has 0 radical (unpaired) electrons. The van der Waals surface area contributed by atoms with Crippen molar-refractivity contribution in [3.63, 3.8) is 0 Å². The molecule has 3 aromatic rings. The van der Waals surface area contributed by atoms with Gasteiger partial charge in [0.05, 0.1) is 5.69 Å². The van der Waals surface area contributed by atoms with E-state index in [-0.39, 0.29) is 11.4 Å². The number of aryl methyl sites for hydroxylation is 1. The molecule has 2 aromatic heterocycles. The van der Waals surface area contributed by atoms with Gasteiger partial charge in [0, 0.05) is 18.4 Å². The molecule has 0 bridgehead atoms. The smallest absolute Gasteiger partial charge is 0.282 e. The quantitative estimate of drug-likeness (QED) is 0.495. The maximum Gasteiger partial charge on any atom is 0.282 e. The van der Waals surface area contributed by atoms with Gasteiger partial charge in [-0.05, 0) is 32.0 Å². The molecule has 1 aromatic carbocycles. The maximum atomic E-state index is 13.3. The van der Waals surface area contributed by atoms with Crippen LogP contribution in [0.25, 0.3) is 0 Å². The largest absolute Gasteiger partial charge is 0.321 e. The van der Waals surface area contributed by atoms with E-state index in [1.807, 2.05) is 0 Å². The van der Waals surface area contributed by atoms with Crippen LogP contribution in [0.2, 0.25) is 0 Å². The molecule has 0 saturated heterocycles. The maximum absolute atomic E-state index is 13.3. The molecule has 0 spiro atoms. The zero-order valence-electron chi connectivity index (χ0n) is 17.1. The van der Waals surface area contributed by atoms with E-state index in [1.54, 1.807) is 37.3 Å². The lowest BCUT2D eigenvalue weighted by atomic mass is 10.2. The fourth-order valence-electron chi connectivity index (χ4n) is 2.91. The SMILES string of the molecule is CCn1cc(NC(=O)C(C)n2nc(C(F)F)cc2C(F)F)c(C(=O)Nc2ccccc2)n1. The molecule has 12 heteroatoms. The van der Waals surface area contributed by atoms with Crippen LogP contribution in [0.5, 0.6) is 0 Å². The van der Waals surface area contributed by atoms with Crippen LogP contribution in [0.1, 0.15) is 54.6 Å². The van der Waals surface area contributed by atoms with Gasteiger partial charge in [-0.2, -0.15) is 10.2 Å². The number of anilines is 2. The number of hydrogen-bond donors (Lipinski definition) is 2. The fourth-order valence-corrected chi connectivity index (χ4v) is 2.91. The van der Waals surface area contributed by atoms with Crippen LogP contribution >= 0.6 is 0 Å². The van der Waals surface area contributed by atoms with Gasteiger partial charge >= 0.3 is 0 Å². The predicted octanol–water partition coefficient (Wildman–Crippen LogP) is 4.43. The molecule has 0 saturated carbocycles. The van der Waals surface area contributed by atoms with Crippen molar-refractivity contribution in [1.82, 2.24) is 19.6 Å². The number of para-hydroxylation sites is 1. The Balaban J connectivity index is 1.85. The van der Waals surface area contributed by atoms with E-state index in [2.05, 4.69) is 20.8 Å². The van der Waals surface area contributed by atoms with Gasteiger partial charge in [-0.15, -0.1) is 0 Å². The molecule has 8 nitrogen and oxygen atoms in total. The van der Waals surface area contributed by atoms with Crippen LogP contribution in [0, 0.1) is 0 Å². The molecule has 0 aliphatic rings. The van der Waals surface area contributed by atoms with Crippen molar-refractivity contribution in [2.45, 2.75) is 39.3 Å². The normalized spacial score (nSPS) is 12.2. The number of carbonyl (C=O) groups is 2. The molecule has 0 aliphatic heterocycles. The summed E-state index contributed by atoms with van der Waals surface area (Å²) in [7, 11) is 0. The molecule has 3 rings (SSSR count). The van der Waals surface area contributed by atoms with E-state index in [4.69, 9.17) is 0 Å². The third-order valence-corrected chi connectivity index (χ3v) is 4.57. The minimum absolute atomic E-state index is 0.0389. The van der Waals surface area contributed by atoms with Gasteiger partial charge in [0.1, 0.15) is 17.4 Å². The highest BCUT2D eigenvalue weighted by molar-refractivity contribution is 6.09. The fraction of sp³-hybridized carbons (Fsp3) is 0.300. The second kappa shape index (κ2) is 9.62. The number of rotatable bonds is 8. The summed E-state index contributed by atoms with van der Waals surface area (Å²) in [6, 6.07) is 7.76. The number of benzene rings is 1. The Kier molecular flexibility index (Phi) is 6.91. The van der Waals surface area contributed by atoms with E-state index in [1.165, 1.54) is 17.8 Å². The number of carbonyl (C=O) groups excluding carboxylic acids is 2. The highest BCUT2D eigenvalue weighted by Gasteiger charge is 2.28. The Morgan fingerprint density at radius 3 is 2.31 bits per heavy atom. The van der Waals surface area contributed by atoms with Crippen molar-refractivity contribution < 1.29 is 27.2 Å². The molecule has 1 atom stereocenters. The third-order valence-electron chi connectivity index (χ3n) is 4.57. The van der Waals surface area contributed by atoms with Crippen molar-refractivity contribution >= 4 is 23.2 Å². The Labute approximate surface area is 180 Å². The second-order valence-electron chi connectivity index (χ2n) is 6.77. The summed E-state index contributed by atoms with van der Waals surface area (Å²) in [5.41, 5.74) is -1.22. The van der Waals surface area contributed by atoms with Crippen LogP contribution in [0.15, 0.2) is 42.6 Å². The van der Waals surface area contributed by atoms with E-state index >= 15 is 0 Å². The van der Waals surface area contributed by atoms with Crippen LogP contribution in [0.3, 0.4) is 0 Å². The average molecular weight is 452 g/mol. The van der Waals surface area contributed by atoms with Gasteiger partial charge in [0.2, 0.25) is 5.91 Å². The summed E-state index contributed by atoms with van der Waals surface area (Å²) in [5.74, 6) is -1.43. The molecular weight excluding hydrogens is 432 g/mol. The predicted molar refractivity (Wildman–Crippen MR) is 108 cm³/mol. The first-order valence-corrected chi connectivity index (χ1v) is 9.61. The van der Waals surface area contributed by atoms with Gasteiger partial charge < -0.3 is 10.6 Å². The molecule has 2 heterocycles. The van der Waals surface area contributed by atoms with E-state index < -0.39 is 42.1 Å². The molecule has 0 fully saturated rings. The molecule has 2 amide bonds. The van der Waals surface area contributed by atoms with Gasteiger partial charge in [-0.1, -0.05) is 18.2 Å². The van der Waals surface area contributed by atoms with Gasteiger partial charge in [-0.25, -0.2) is 17.6 Å². The average Bonchev–Trinajstić information content (AvgIpc) is 3.38. The van der Waals surface area contributed by atoms with Crippen molar-refractivity contribution in [1.29, 1.82) is 0 Å². The van der Waals surface area contributed by atoms with Crippen molar-refractivity contribution in [3.05, 3.63) is 59.7 Å². The Morgan fingerprint density at radius 2 is 1.72 bits per heavy atom. The topological polar surface area (TPSA) is 93.8 Å². The zero-order chi connectivity index (χ0) is 23.4. The van der Waals surface area contributed by atoms with Crippen molar-refractivity contribution in [2.24, 2.45) is 0 Å². The molecule has 170 valence electrons. The van der Waals surface area contributed by atoms with Crippen molar-refractivity contribution in [3.8, 4) is 0 Å². The number of aromatic nitrogens is 4. The number of nitrogens with zero attached hydrogens (tertiary/aromatic N) is 4. The summed E-state index contributed by atoms with van der Waals surface area (Å²) in [6.45, 7) is 3.39. The lowest BCUT2D eigenvalue weighted by Crippen LogP contribution is -2.27. The number of halogens is 4. The van der Waals surface area contributed by atoms with Crippen LogP contribution in [-0.4, -0.2) is 31.4 Å². The Bertz CT molecular complexity index is 1100. The van der Waals surface area contributed by atoms with Crippen molar-refractivity contribution in [2.75, 3.05) is 10.6 Å². The third kappa shape index (κ3) is 4.95. The molecule has 0 aliphatic carbocycles. The minimum Gasteiger partial charge on any atom is -0.321 e. The summed E-state index contributed by atoms with van der Waals surface area (Å²) < 4.78 is 54.4. The lowest BCUT2D eigenvalue weighted by Gasteiger charge is -2.15. The molecule has 2 N–H and O–H groups in total. The van der Waals surface area contributed by atoms with Gasteiger partial charge in [0.25, 0.3) is 18.8 Å². The first-order valence-electron chi connectivity index (χ1n) is 9.61. The number of hydrogen-bond acceptors (Lipinski definition) is 4. The Hall–Kier alpha value is -3.70. The van der Waals surface area contributed by atoms with E-state index in [0.29, 0.717) is 23.0 Å². The summed E-state index contributed by atoms with van der Waals surface area (Å²) in [6.07, 6.45) is -4.77. The van der Waals surface area contributed by atoms with Crippen LogP contribution < -0.4 is 10.6 Å². The van der Waals surface area contributed by atoms with E-state index in [9.17, 15) is 27.2 Å². The lowest BCUT2D eigenvalue weighted by molar-refractivity contribution is -0.119. The van der Waals surface area contributed by atoms with Gasteiger partial charge in [-0.3, -0.25) is 19.0 Å². The monoisotopic (exact) mass is 452 g/mol. The first-order chi connectivity index (χ1) is 15.2. The minimum atomic E-state index is -3.11. The summed E-state index contributed by atoms with van der Waals surface area (Å²) in [5, 5.41) is 12.7. The molecule has 1 unspecified atom stereocenters. The highest BCUT2D eigenvalue weighted by atomic mass is 19.3. The van der Waals surface area contributed by atoms with Gasteiger partial charge in [0.15, 0.2) is 5.69 Å². The number of alkyl halides is 4. The van der Waals surface area contributed by atoms with Crippen LogP contribution in [-0.2, 0) is 11.3 Å². The molecule has 32 heavy (non-hydrogen) atoms. The summed E-state index contributed by atoms with van der Waals surface area (Å²) in [4.78, 5) is 25.4.